The molecule has 4 N–H and O–H groups in total. The van der Waals surface area contributed by atoms with Crippen molar-refractivity contribution < 1.29 is 9.90 Å². The summed E-state index contributed by atoms with van der Waals surface area (Å²) in [5, 5.41) is 12.9. The molecule has 108 valence electrons. The van der Waals surface area contributed by atoms with Crippen LogP contribution < -0.4 is 11.1 Å². The first kappa shape index (κ1) is 17.4. The Kier molecular flexibility index (Phi) is 8.20. The molecule has 18 heavy (non-hydrogen) atoms. The lowest BCUT2D eigenvalue weighted by atomic mass is 9.81. The second-order valence-corrected chi connectivity index (χ2v) is 5.05. The Bertz CT molecular complexity index is 228. The molecule has 1 unspecified atom stereocenters. The third kappa shape index (κ3) is 4.25. The van der Waals surface area contributed by atoms with Crippen molar-refractivity contribution in [2.75, 3.05) is 13.1 Å². The van der Waals surface area contributed by atoms with Crippen LogP contribution in [0.1, 0.15) is 53.4 Å². The summed E-state index contributed by atoms with van der Waals surface area (Å²) in [5.41, 5.74) is 5.25. The van der Waals surface area contributed by atoms with Gasteiger partial charge in [-0.25, -0.2) is 0 Å². The highest BCUT2D eigenvalue weighted by molar-refractivity contribution is 5.82. The number of nitrogens with two attached hydrogens (primary N) is 1. The first-order chi connectivity index (χ1) is 8.51. The van der Waals surface area contributed by atoms with Crippen LogP contribution in [0, 0.1) is 11.3 Å². The molecule has 1 amide bonds. The summed E-state index contributed by atoms with van der Waals surface area (Å²) < 4.78 is 0. The van der Waals surface area contributed by atoms with Gasteiger partial charge >= 0.3 is 0 Å². The minimum Gasteiger partial charge on any atom is -0.391 e. The van der Waals surface area contributed by atoms with Crippen LogP contribution in [0.3, 0.4) is 0 Å². The number of carbonyl (C=O) groups is 1. The summed E-state index contributed by atoms with van der Waals surface area (Å²) in [6, 6.07) is 0. The fourth-order valence-electron chi connectivity index (χ4n) is 2.34. The summed E-state index contributed by atoms with van der Waals surface area (Å²) in [4.78, 5) is 12.2. The van der Waals surface area contributed by atoms with Crippen molar-refractivity contribution in [2.45, 2.75) is 59.5 Å². The molecule has 0 spiro atoms. The van der Waals surface area contributed by atoms with E-state index in [1.165, 1.54) is 0 Å². The lowest BCUT2D eigenvalue weighted by molar-refractivity contribution is -0.131. The largest absolute Gasteiger partial charge is 0.391 e. The Morgan fingerprint density at radius 2 is 1.72 bits per heavy atom. The van der Waals surface area contributed by atoms with Crippen LogP contribution in [-0.4, -0.2) is 30.2 Å². The molecule has 0 aliphatic rings. The number of rotatable bonds is 9. The molecule has 0 aromatic rings. The number of carbonyl (C=O) groups excluding carboxylic acids is 1. The molecule has 1 atom stereocenters. The Hall–Kier alpha value is -0.610. The summed E-state index contributed by atoms with van der Waals surface area (Å²) in [5.74, 6) is 0.223. The first-order valence-corrected chi connectivity index (χ1v) is 7.17. The van der Waals surface area contributed by atoms with Crippen molar-refractivity contribution in [3.8, 4) is 0 Å². The molecule has 0 bridgehead atoms. The molecule has 0 radical (unpaired) electrons. The number of amides is 1. The van der Waals surface area contributed by atoms with E-state index in [1.54, 1.807) is 0 Å². The SMILES string of the molecule is CCC(CC)C(O)CNC(=O)C(CC)(CC)CN. The zero-order valence-electron chi connectivity index (χ0n) is 12.3. The molecular weight excluding hydrogens is 228 g/mol. The van der Waals surface area contributed by atoms with E-state index in [0.717, 1.165) is 25.7 Å². The standard InChI is InChI=1S/C14H30N2O2/c1-5-11(6-2)12(17)9-16-13(18)14(7-3,8-4)10-15/h11-12,17H,5-10,15H2,1-4H3,(H,16,18). The van der Waals surface area contributed by atoms with Crippen molar-refractivity contribution in [1.82, 2.24) is 5.32 Å². The highest BCUT2D eigenvalue weighted by atomic mass is 16.3. The zero-order valence-corrected chi connectivity index (χ0v) is 12.3. The maximum absolute atomic E-state index is 12.2. The average Bonchev–Trinajstić information content (AvgIpc) is 2.40. The van der Waals surface area contributed by atoms with Crippen LogP contribution in [0.2, 0.25) is 0 Å². The van der Waals surface area contributed by atoms with Crippen LogP contribution in [0.4, 0.5) is 0 Å². The Morgan fingerprint density at radius 3 is 2.06 bits per heavy atom. The lowest BCUT2D eigenvalue weighted by Crippen LogP contribution is -2.48. The zero-order chi connectivity index (χ0) is 14.2. The summed E-state index contributed by atoms with van der Waals surface area (Å²) in [7, 11) is 0. The predicted octanol–water partition coefficient (Wildman–Crippen LogP) is 1.66. The highest BCUT2D eigenvalue weighted by Crippen LogP contribution is 2.25. The highest BCUT2D eigenvalue weighted by Gasteiger charge is 2.33. The Balaban J connectivity index is 4.40. The minimum absolute atomic E-state index is 0.0278. The van der Waals surface area contributed by atoms with Gasteiger partial charge in [0.2, 0.25) is 5.91 Å². The molecule has 0 rings (SSSR count). The summed E-state index contributed by atoms with van der Waals surface area (Å²) in [6.07, 6.45) is 2.85. The smallest absolute Gasteiger partial charge is 0.227 e. The van der Waals surface area contributed by atoms with Crippen LogP contribution in [-0.2, 0) is 4.79 Å². The van der Waals surface area contributed by atoms with E-state index in [9.17, 15) is 9.90 Å². The molecule has 0 saturated carbocycles. The van der Waals surface area contributed by atoms with Crippen molar-refractivity contribution in [2.24, 2.45) is 17.1 Å². The molecule has 0 saturated heterocycles. The van der Waals surface area contributed by atoms with Crippen molar-refractivity contribution in [1.29, 1.82) is 0 Å². The molecule has 0 aromatic heterocycles. The average molecular weight is 258 g/mol. The van der Waals surface area contributed by atoms with Gasteiger partial charge in [0.1, 0.15) is 0 Å². The van der Waals surface area contributed by atoms with Gasteiger partial charge in [-0.3, -0.25) is 4.79 Å². The van der Waals surface area contributed by atoms with Crippen LogP contribution in [0.5, 0.6) is 0 Å². The van der Waals surface area contributed by atoms with Gasteiger partial charge in [0.15, 0.2) is 0 Å². The quantitative estimate of drug-likeness (QED) is 0.589. The number of aliphatic hydroxyl groups excluding tert-OH is 1. The van der Waals surface area contributed by atoms with E-state index in [2.05, 4.69) is 19.2 Å². The molecular formula is C14H30N2O2. The fraction of sp³-hybridized carbons (Fsp3) is 0.929. The van der Waals surface area contributed by atoms with E-state index in [-0.39, 0.29) is 11.8 Å². The number of nitrogens with one attached hydrogen (secondary N) is 1. The van der Waals surface area contributed by atoms with Gasteiger partial charge in [-0.1, -0.05) is 40.5 Å². The van der Waals surface area contributed by atoms with E-state index < -0.39 is 11.5 Å². The van der Waals surface area contributed by atoms with Gasteiger partial charge < -0.3 is 16.2 Å². The van der Waals surface area contributed by atoms with Crippen molar-refractivity contribution in [3.63, 3.8) is 0 Å². The molecule has 4 heteroatoms. The second kappa shape index (κ2) is 8.48. The van der Waals surface area contributed by atoms with Gasteiger partial charge in [0.25, 0.3) is 0 Å². The fourth-order valence-corrected chi connectivity index (χ4v) is 2.34. The number of hydrogen-bond donors (Lipinski definition) is 3. The lowest BCUT2D eigenvalue weighted by Gasteiger charge is -2.30. The van der Waals surface area contributed by atoms with Gasteiger partial charge in [-0.2, -0.15) is 0 Å². The predicted molar refractivity (Wildman–Crippen MR) is 75.2 cm³/mol. The van der Waals surface area contributed by atoms with E-state index >= 15 is 0 Å². The van der Waals surface area contributed by atoms with E-state index in [4.69, 9.17) is 5.73 Å². The maximum Gasteiger partial charge on any atom is 0.227 e. The van der Waals surface area contributed by atoms with Crippen LogP contribution >= 0.6 is 0 Å². The molecule has 0 aliphatic heterocycles. The first-order valence-electron chi connectivity index (χ1n) is 7.17. The second-order valence-electron chi connectivity index (χ2n) is 5.05. The van der Waals surface area contributed by atoms with Gasteiger partial charge in [0.05, 0.1) is 11.5 Å². The molecule has 0 aromatic carbocycles. The van der Waals surface area contributed by atoms with E-state index in [0.29, 0.717) is 13.1 Å². The normalized spacial score (nSPS) is 13.7. The Morgan fingerprint density at radius 1 is 1.22 bits per heavy atom. The molecule has 0 aliphatic carbocycles. The number of aliphatic hydroxyl groups is 1. The summed E-state index contributed by atoms with van der Waals surface area (Å²) in [6.45, 7) is 8.75. The van der Waals surface area contributed by atoms with Crippen molar-refractivity contribution in [3.05, 3.63) is 0 Å². The third-order valence-corrected chi connectivity index (χ3v) is 4.29. The van der Waals surface area contributed by atoms with Crippen LogP contribution in [0.25, 0.3) is 0 Å². The van der Waals surface area contributed by atoms with E-state index in [1.807, 2.05) is 13.8 Å². The monoisotopic (exact) mass is 258 g/mol. The third-order valence-electron chi connectivity index (χ3n) is 4.29. The van der Waals surface area contributed by atoms with Crippen LogP contribution in [0.15, 0.2) is 0 Å². The summed E-state index contributed by atoms with van der Waals surface area (Å²) >= 11 is 0. The molecule has 0 fully saturated rings. The maximum atomic E-state index is 12.2. The molecule has 0 heterocycles. The van der Waals surface area contributed by atoms with Gasteiger partial charge in [0, 0.05) is 13.1 Å². The van der Waals surface area contributed by atoms with Gasteiger partial charge in [-0.05, 0) is 18.8 Å². The van der Waals surface area contributed by atoms with Gasteiger partial charge in [-0.15, -0.1) is 0 Å². The Labute approximate surface area is 111 Å². The number of hydrogen-bond acceptors (Lipinski definition) is 3. The van der Waals surface area contributed by atoms with Crippen molar-refractivity contribution >= 4 is 5.91 Å². The minimum atomic E-state index is -0.479. The topological polar surface area (TPSA) is 75.3 Å². The molecule has 4 nitrogen and oxygen atoms in total.